The first-order chi connectivity index (χ1) is 13.2. The third-order valence-corrected chi connectivity index (χ3v) is 22.0. The summed E-state index contributed by atoms with van der Waals surface area (Å²) in [6.45, 7) is 9.19. The zero-order valence-corrected chi connectivity index (χ0v) is 21.2. The Morgan fingerprint density at radius 1 is 0.963 bits per heavy atom. The average molecular weight is 481 g/mol. The molecule has 0 N–H and O–H groups in total. The summed E-state index contributed by atoms with van der Waals surface area (Å²) in [6.07, 6.45) is 13.2. The molecule has 154 valence electrons. The van der Waals surface area contributed by atoms with E-state index in [1.807, 2.05) is 7.11 Å². The van der Waals surface area contributed by atoms with Gasteiger partial charge in [-0.05, 0) is 0 Å². The number of aromatic nitrogens is 1. The van der Waals surface area contributed by atoms with Gasteiger partial charge in [0.15, 0.2) is 0 Å². The zero-order valence-electron chi connectivity index (χ0n) is 18.3. The van der Waals surface area contributed by atoms with Gasteiger partial charge in [0.25, 0.3) is 0 Å². The Balaban J connectivity index is 2.16. The second kappa shape index (κ2) is 12.3. The van der Waals surface area contributed by atoms with Crippen molar-refractivity contribution in [2.24, 2.45) is 0 Å². The molecular weight excluding hydrogens is 439 g/mol. The number of anilines is 1. The summed E-state index contributed by atoms with van der Waals surface area (Å²) in [5, 5.41) is 0. The Hall–Kier alpha value is -0.291. The van der Waals surface area contributed by atoms with Gasteiger partial charge in [0.2, 0.25) is 0 Å². The molecule has 0 radical (unpaired) electrons. The van der Waals surface area contributed by atoms with Crippen LogP contribution in [0.2, 0.25) is 13.3 Å². The van der Waals surface area contributed by atoms with Crippen LogP contribution in [0, 0.1) is 0 Å². The van der Waals surface area contributed by atoms with E-state index < -0.39 is 18.4 Å². The van der Waals surface area contributed by atoms with Gasteiger partial charge in [-0.2, -0.15) is 0 Å². The quantitative estimate of drug-likeness (QED) is 0.356. The van der Waals surface area contributed by atoms with Crippen LogP contribution >= 0.6 is 0 Å². The summed E-state index contributed by atoms with van der Waals surface area (Å²) in [5.74, 6) is 1.18. The minimum absolute atomic E-state index is 0.432. The first kappa shape index (κ1) is 23.0. The number of rotatable bonds is 12. The van der Waals surface area contributed by atoms with Crippen molar-refractivity contribution in [1.82, 2.24) is 4.98 Å². The van der Waals surface area contributed by atoms with E-state index in [2.05, 4.69) is 44.0 Å². The number of methoxy groups -OCH3 is 1. The normalized spacial score (nSPS) is 16.1. The first-order valence-electron chi connectivity index (χ1n) is 11.4. The molecule has 0 amide bonds. The number of piperidine rings is 1. The van der Waals surface area contributed by atoms with Gasteiger partial charge in [-0.3, -0.25) is 0 Å². The molecule has 1 fully saturated rings. The van der Waals surface area contributed by atoms with E-state index in [4.69, 9.17) is 9.72 Å². The van der Waals surface area contributed by atoms with Crippen LogP contribution in [0.3, 0.4) is 0 Å². The van der Waals surface area contributed by atoms with Crippen LogP contribution in [0.25, 0.3) is 0 Å². The van der Waals surface area contributed by atoms with E-state index >= 15 is 0 Å². The SMILES string of the molecule is CCC[CH2][Sn]([CH2]CCC)([CH2]CCC)[c]1ccc(N2CCC(OC)CC2)nc1. The molecule has 1 aliphatic heterocycles. The zero-order chi connectivity index (χ0) is 19.5. The third kappa shape index (κ3) is 6.62. The fourth-order valence-corrected chi connectivity index (χ4v) is 20.2. The average Bonchev–Trinajstić information content (AvgIpc) is 2.74. The fourth-order valence-electron chi connectivity index (χ4n) is 4.56. The number of ether oxygens (including phenoxy) is 1. The van der Waals surface area contributed by atoms with Crippen LogP contribution in [-0.2, 0) is 4.74 Å². The molecule has 1 aromatic rings. The van der Waals surface area contributed by atoms with Crippen molar-refractivity contribution in [2.75, 3.05) is 25.1 Å². The molecule has 0 saturated carbocycles. The molecule has 3 nitrogen and oxygen atoms in total. The second-order valence-electron chi connectivity index (χ2n) is 8.42. The molecule has 0 spiro atoms. The van der Waals surface area contributed by atoms with E-state index in [9.17, 15) is 0 Å². The number of unbranched alkanes of at least 4 members (excludes halogenated alkanes) is 3. The van der Waals surface area contributed by atoms with Gasteiger partial charge in [-0.15, -0.1) is 0 Å². The van der Waals surface area contributed by atoms with E-state index in [-0.39, 0.29) is 0 Å². The molecular formula is C23H42N2OSn. The Morgan fingerprint density at radius 2 is 1.52 bits per heavy atom. The van der Waals surface area contributed by atoms with Crippen molar-refractivity contribution >= 4 is 27.8 Å². The van der Waals surface area contributed by atoms with Gasteiger partial charge < -0.3 is 0 Å². The van der Waals surface area contributed by atoms with Crippen LogP contribution < -0.4 is 8.48 Å². The topological polar surface area (TPSA) is 25.4 Å². The molecule has 2 heterocycles. The van der Waals surface area contributed by atoms with Gasteiger partial charge in [-0.25, -0.2) is 0 Å². The van der Waals surface area contributed by atoms with Crippen molar-refractivity contribution in [2.45, 2.75) is 91.6 Å². The van der Waals surface area contributed by atoms with E-state index in [1.165, 1.54) is 57.7 Å². The number of nitrogens with zero attached hydrogens (tertiary/aromatic N) is 2. The van der Waals surface area contributed by atoms with Gasteiger partial charge in [0.1, 0.15) is 0 Å². The Labute approximate surface area is 172 Å². The molecule has 0 aliphatic carbocycles. The van der Waals surface area contributed by atoms with E-state index in [0.717, 1.165) is 25.9 Å². The van der Waals surface area contributed by atoms with Gasteiger partial charge in [0.05, 0.1) is 0 Å². The molecule has 1 aliphatic rings. The predicted molar refractivity (Wildman–Crippen MR) is 121 cm³/mol. The van der Waals surface area contributed by atoms with Gasteiger partial charge in [-0.1, -0.05) is 0 Å². The van der Waals surface area contributed by atoms with Crippen molar-refractivity contribution in [3.05, 3.63) is 18.3 Å². The monoisotopic (exact) mass is 482 g/mol. The van der Waals surface area contributed by atoms with Crippen molar-refractivity contribution < 1.29 is 4.74 Å². The molecule has 1 saturated heterocycles. The Morgan fingerprint density at radius 3 is 1.93 bits per heavy atom. The van der Waals surface area contributed by atoms with Crippen LogP contribution in [0.15, 0.2) is 18.3 Å². The fraction of sp³-hybridized carbons (Fsp3) is 0.783. The Kier molecular flexibility index (Phi) is 10.5. The van der Waals surface area contributed by atoms with Crippen LogP contribution in [0.5, 0.6) is 0 Å². The summed E-state index contributed by atoms with van der Waals surface area (Å²) in [5.41, 5.74) is 0. The maximum atomic E-state index is 5.51. The molecule has 1 aromatic heterocycles. The van der Waals surface area contributed by atoms with Crippen molar-refractivity contribution in [3.8, 4) is 0 Å². The number of hydrogen-bond donors (Lipinski definition) is 0. The van der Waals surface area contributed by atoms with Crippen molar-refractivity contribution in [3.63, 3.8) is 0 Å². The first-order valence-corrected chi connectivity index (χ1v) is 18.9. The minimum atomic E-state index is -2.32. The molecule has 4 heteroatoms. The predicted octanol–water partition coefficient (Wildman–Crippen LogP) is 5.75. The summed E-state index contributed by atoms with van der Waals surface area (Å²) in [6, 6.07) is 4.82. The summed E-state index contributed by atoms with van der Waals surface area (Å²) in [4.78, 5) is 7.43. The molecule has 0 atom stereocenters. The van der Waals surface area contributed by atoms with Crippen molar-refractivity contribution in [1.29, 1.82) is 0 Å². The van der Waals surface area contributed by atoms with Crippen LogP contribution in [-0.4, -0.2) is 49.7 Å². The van der Waals surface area contributed by atoms with Gasteiger partial charge >= 0.3 is 172 Å². The summed E-state index contributed by atoms with van der Waals surface area (Å²) >= 11 is -2.32. The van der Waals surface area contributed by atoms with Crippen LogP contribution in [0.1, 0.15) is 72.1 Å². The maximum absolute atomic E-state index is 5.51. The van der Waals surface area contributed by atoms with Gasteiger partial charge in [0, 0.05) is 0 Å². The molecule has 0 aromatic carbocycles. The van der Waals surface area contributed by atoms with Crippen LogP contribution in [0.4, 0.5) is 5.82 Å². The van der Waals surface area contributed by atoms with E-state index in [0.29, 0.717) is 6.10 Å². The summed E-state index contributed by atoms with van der Waals surface area (Å²) < 4.78 is 11.8. The standard InChI is InChI=1S/C11H15N2O.3C4H9.Sn/c1-14-10-5-8-13(9-6-10)11-4-2-3-7-12-11;3*1-3-4-2;/h2,4,7,10H,5-6,8-9H2,1H3;3*1,3-4H2,2H3;. The Bertz CT molecular complexity index is 490. The summed E-state index contributed by atoms with van der Waals surface area (Å²) in [7, 11) is 1.84. The molecule has 2 rings (SSSR count). The molecule has 27 heavy (non-hydrogen) atoms. The third-order valence-electron chi connectivity index (χ3n) is 6.49. The van der Waals surface area contributed by atoms with E-state index in [1.54, 1.807) is 3.58 Å². The molecule has 0 bridgehead atoms. The number of pyridine rings is 1. The second-order valence-corrected chi connectivity index (χ2v) is 21.7. The molecule has 0 unspecified atom stereocenters. The number of hydrogen-bond acceptors (Lipinski definition) is 3.